The van der Waals surface area contributed by atoms with Gasteiger partial charge in [-0.05, 0) is 12.1 Å². The summed E-state index contributed by atoms with van der Waals surface area (Å²) in [6.07, 6.45) is 6.41. The lowest BCUT2D eigenvalue weighted by Gasteiger charge is -2.33. The van der Waals surface area contributed by atoms with Gasteiger partial charge in [-0.1, -0.05) is 11.2 Å². The fraction of sp³-hybridized carbons (Fsp3) is 0.294. The van der Waals surface area contributed by atoms with Crippen LogP contribution in [0.4, 0.5) is 0 Å². The summed E-state index contributed by atoms with van der Waals surface area (Å²) in [6.45, 7) is 3.53. The Balaban J connectivity index is 1.36. The summed E-state index contributed by atoms with van der Waals surface area (Å²) in [6, 6.07) is 5.89. The van der Waals surface area contributed by atoms with E-state index in [9.17, 15) is 4.79 Å². The lowest BCUT2D eigenvalue weighted by Crippen LogP contribution is -2.48. The largest absolute Gasteiger partial charge is 0.332 e. The van der Waals surface area contributed by atoms with Crippen LogP contribution in [0.25, 0.3) is 11.5 Å². The Kier molecular flexibility index (Phi) is 4.61. The van der Waals surface area contributed by atoms with Crippen molar-refractivity contribution in [3.63, 3.8) is 0 Å². The van der Waals surface area contributed by atoms with Gasteiger partial charge in [0.2, 0.25) is 5.82 Å². The van der Waals surface area contributed by atoms with Crippen molar-refractivity contribution in [1.29, 1.82) is 0 Å². The fourth-order valence-electron chi connectivity index (χ4n) is 2.79. The van der Waals surface area contributed by atoms with Crippen LogP contribution in [-0.4, -0.2) is 67.0 Å². The number of carbonyl (C=O) groups excluding carboxylic acids is 1. The number of amides is 1. The molecule has 0 aliphatic carbocycles. The number of aromatic nitrogens is 5. The third-order valence-electron chi connectivity index (χ3n) is 4.17. The van der Waals surface area contributed by atoms with E-state index in [0.717, 1.165) is 25.3 Å². The predicted octanol–water partition coefficient (Wildman–Crippen LogP) is 0.880. The van der Waals surface area contributed by atoms with Gasteiger partial charge in [0.25, 0.3) is 0 Å². The molecule has 3 aromatic rings. The van der Waals surface area contributed by atoms with E-state index in [-0.39, 0.29) is 17.6 Å². The monoisotopic (exact) mass is 351 g/mol. The summed E-state index contributed by atoms with van der Waals surface area (Å²) >= 11 is 0. The molecule has 0 aromatic carbocycles. The minimum atomic E-state index is -0.259. The fourth-order valence-corrected chi connectivity index (χ4v) is 2.79. The SMILES string of the molecule is O=C(c1nc(-c2cnccn2)no1)N1CCN(Cc2ccccn2)CC1. The molecular formula is C17H17N7O2. The van der Waals surface area contributed by atoms with E-state index in [1.54, 1.807) is 17.3 Å². The standard InChI is InChI=1S/C17H17N7O2/c25-17(16-21-15(22-26-16)14-11-18-5-6-20-14)24-9-7-23(8-10-24)12-13-3-1-2-4-19-13/h1-6,11H,7-10,12H2. The van der Waals surface area contributed by atoms with Gasteiger partial charge in [-0.3, -0.25) is 19.7 Å². The number of nitrogens with zero attached hydrogens (tertiary/aromatic N) is 7. The number of pyridine rings is 1. The van der Waals surface area contributed by atoms with E-state index >= 15 is 0 Å². The summed E-state index contributed by atoms with van der Waals surface area (Å²) in [5.41, 5.74) is 1.49. The third kappa shape index (κ3) is 3.57. The Labute approximate surface area is 149 Å². The van der Waals surface area contributed by atoms with Gasteiger partial charge in [0.1, 0.15) is 5.69 Å². The van der Waals surface area contributed by atoms with Gasteiger partial charge in [-0.25, -0.2) is 4.98 Å². The molecule has 1 fully saturated rings. The lowest BCUT2D eigenvalue weighted by molar-refractivity contribution is 0.0579. The third-order valence-corrected chi connectivity index (χ3v) is 4.17. The first-order chi connectivity index (χ1) is 12.8. The molecule has 0 spiro atoms. The summed E-state index contributed by atoms with van der Waals surface area (Å²) in [4.78, 5) is 33.1. The van der Waals surface area contributed by atoms with E-state index < -0.39 is 0 Å². The van der Waals surface area contributed by atoms with Crippen LogP contribution in [0.1, 0.15) is 16.4 Å². The van der Waals surface area contributed by atoms with Crippen molar-refractivity contribution in [1.82, 2.24) is 34.9 Å². The molecule has 9 heteroatoms. The molecule has 0 unspecified atom stereocenters. The zero-order valence-corrected chi connectivity index (χ0v) is 14.0. The van der Waals surface area contributed by atoms with Gasteiger partial charge in [-0.2, -0.15) is 4.98 Å². The van der Waals surface area contributed by atoms with Crippen LogP contribution in [-0.2, 0) is 6.54 Å². The Morgan fingerprint density at radius 1 is 1.08 bits per heavy atom. The van der Waals surface area contributed by atoms with Crippen LogP contribution in [0.2, 0.25) is 0 Å². The van der Waals surface area contributed by atoms with Crippen LogP contribution >= 0.6 is 0 Å². The quantitative estimate of drug-likeness (QED) is 0.683. The number of hydrogen-bond acceptors (Lipinski definition) is 8. The van der Waals surface area contributed by atoms with E-state index in [1.807, 2.05) is 18.2 Å². The molecule has 4 rings (SSSR count). The first kappa shape index (κ1) is 16.3. The van der Waals surface area contributed by atoms with Gasteiger partial charge >= 0.3 is 11.8 Å². The van der Waals surface area contributed by atoms with Gasteiger partial charge in [0, 0.05) is 51.3 Å². The molecule has 0 atom stereocenters. The molecule has 1 aliphatic heterocycles. The van der Waals surface area contributed by atoms with Gasteiger partial charge in [0.05, 0.1) is 11.9 Å². The van der Waals surface area contributed by atoms with E-state index in [4.69, 9.17) is 4.52 Å². The number of rotatable bonds is 4. The zero-order chi connectivity index (χ0) is 17.8. The second-order valence-corrected chi connectivity index (χ2v) is 5.90. The maximum Gasteiger partial charge on any atom is 0.316 e. The first-order valence-electron chi connectivity index (χ1n) is 8.31. The maximum atomic E-state index is 12.6. The summed E-state index contributed by atoms with van der Waals surface area (Å²) in [5, 5.41) is 3.82. The van der Waals surface area contributed by atoms with Crippen molar-refractivity contribution in [3.8, 4) is 11.5 Å². The minimum absolute atomic E-state index is 0.0242. The highest BCUT2D eigenvalue weighted by atomic mass is 16.5. The van der Waals surface area contributed by atoms with Crippen molar-refractivity contribution in [2.75, 3.05) is 26.2 Å². The second kappa shape index (κ2) is 7.36. The normalized spacial score (nSPS) is 15.2. The number of piperazine rings is 1. The Morgan fingerprint density at radius 3 is 2.69 bits per heavy atom. The van der Waals surface area contributed by atoms with Crippen molar-refractivity contribution in [2.45, 2.75) is 6.54 Å². The van der Waals surface area contributed by atoms with Crippen molar-refractivity contribution in [3.05, 3.63) is 54.6 Å². The van der Waals surface area contributed by atoms with Gasteiger partial charge in [0.15, 0.2) is 0 Å². The highest BCUT2D eigenvalue weighted by molar-refractivity contribution is 5.90. The molecule has 0 radical (unpaired) electrons. The molecule has 132 valence electrons. The van der Waals surface area contributed by atoms with Gasteiger partial charge in [-0.15, -0.1) is 0 Å². The van der Waals surface area contributed by atoms with Gasteiger partial charge < -0.3 is 9.42 Å². The molecule has 3 aromatic heterocycles. The Bertz CT molecular complexity index is 861. The zero-order valence-electron chi connectivity index (χ0n) is 14.0. The lowest BCUT2D eigenvalue weighted by atomic mass is 10.2. The second-order valence-electron chi connectivity index (χ2n) is 5.90. The van der Waals surface area contributed by atoms with Crippen LogP contribution in [0.3, 0.4) is 0 Å². The Hall–Kier alpha value is -3.20. The molecule has 26 heavy (non-hydrogen) atoms. The average Bonchev–Trinajstić information content (AvgIpc) is 3.20. The molecule has 0 saturated carbocycles. The molecule has 0 bridgehead atoms. The molecular weight excluding hydrogens is 334 g/mol. The van der Waals surface area contributed by atoms with Crippen molar-refractivity contribution in [2.24, 2.45) is 0 Å². The van der Waals surface area contributed by atoms with E-state index in [1.165, 1.54) is 12.4 Å². The molecule has 9 nitrogen and oxygen atoms in total. The summed E-state index contributed by atoms with van der Waals surface area (Å²) in [5.74, 6) is -0.0239. The van der Waals surface area contributed by atoms with E-state index in [2.05, 4.69) is 30.0 Å². The number of hydrogen-bond donors (Lipinski definition) is 0. The highest BCUT2D eigenvalue weighted by Crippen LogP contribution is 2.14. The summed E-state index contributed by atoms with van der Waals surface area (Å²) in [7, 11) is 0. The topological polar surface area (TPSA) is 101 Å². The maximum absolute atomic E-state index is 12.6. The van der Waals surface area contributed by atoms with Crippen LogP contribution in [0, 0.1) is 0 Å². The first-order valence-corrected chi connectivity index (χ1v) is 8.31. The molecule has 4 heterocycles. The smallest absolute Gasteiger partial charge is 0.316 e. The van der Waals surface area contributed by atoms with Crippen molar-refractivity contribution >= 4 is 5.91 Å². The van der Waals surface area contributed by atoms with E-state index in [0.29, 0.717) is 18.8 Å². The van der Waals surface area contributed by atoms with Crippen LogP contribution in [0.5, 0.6) is 0 Å². The van der Waals surface area contributed by atoms with Crippen molar-refractivity contribution < 1.29 is 9.32 Å². The number of carbonyl (C=O) groups is 1. The minimum Gasteiger partial charge on any atom is -0.332 e. The molecule has 1 saturated heterocycles. The van der Waals surface area contributed by atoms with Crippen LogP contribution in [0.15, 0.2) is 47.5 Å². The predicted molar refractivity (Wildman–Crippen MR) is 90.7 cm³/mol. The molecule has 1 aliphatic rings. The molecule has 0 N–H and O–H groups in total. The highest BCUT2D eigenvalue weighted by Gasteiger charge is 2.26. The average molecular weight is 351 g/mol. The van der Waals surface area contributed by atoms with Crippen LogP contribution < -0.4 is 0 Å². The summed E-state index contributed by atoms with van der Waals surface area (Å²) < 4.78 is 5.11. The molecule has 1 amide bonds. The Morgan fingerprint density at radius 2 is 1.96 bits per heavy atom.